The van der Waals surface area contributed by atoms with Crippen LogP contribution in [0.15, 0.2) is 35.2 Å². The van der Waals surface area contributed by atoms with Crippen LogP contribution in [0.25, 0.3) is 0 Å². The molecule has 1 atom stereocenters. The van der Waals surface area contributed by atoms with Crippen molar-refractivity contribution in [1.82, 2.24) is 9.97 Å². The van der Waals surface area contributed by atoms with Crippen LogP contribution in [0.3, 0.4) is 0 Å². The van der Waals surface area contributed by atoms with Gasteiger partial charge in [-0.25, -0.2) is 9.78 Å². The smallest absolute Gasteiger partial charge is 0.338 e. The van der Waals surface area contributed by atoms with E-state index in [1.807, 2.05) is 18.2 Å². The summed E-state index contributed by atoms with van der Waals surface area (Å²) in [6.45, 7) is 2.90. The summed E-state index contributed by atoms with van der Waals surface area (Å²) in [5.41, 5.74) is 1.78. The molecule has 164 valence electrons. The van der Waals surface area contributed by atoms with Crippen molar-refractivity contribution >= 4 is 28.6 Å². The number of hydrogen-bond acceptors (Lipinski definition) is 7. The molecule has 0 bridgehead atoms. The molecule has 4 heterocycles. The Morgan fingerprint density at radius 3 is 2.68 bits per heavy atom. The minimum Gasteiger partial charge on any atom is -0.455 e. The van der Waals surface area contributed by atoms with E-state index >= 15 is 0 Å². The molecule has 7 nitrogen and oxygen atoms in total. The highest BCUT2D eigenvalue weighted by Crippen LogP contribution is 2.36. The van der Waals surface area contributed by atoms with E-state index in [2.05, 4.69) is 23.1 Å². The second-order valence-corrected chi connectivity index (χ2v) is 10.6. The maximum atomic E-state index is 12.3. The van der Waals surface area contributed by atoms with Gasteiger partial charge in [0.25, 0.3) is 0 Å². The Kier molecular flexibility index (Phi) is 5.75. The van der Waals surface area contributed by atoms with Crippen molar-refractivity contribution in [1.29, 1.82) is 0 Å². The van der Waals surface area contributed by atoms with Crippen molar-refractivity contribution in [2.75, 3.05) is 55.2 Å². The van der Waals surface area contributed by atoms with Gasteiger partial charge in [0.15, 0.2) is 5.82 Å². The number of esters is 1. The number of aromatic nitrogens is 2. The molecule has 5 rings (SSSR count). The van der Waals surface area contributed by atoms with E-state index in [1.54, 1.807) is 12.1 Å². The normalized spacial score (nSPS) is 21.5. The first-order valence-electron chi connectivity index (χ1n) is 10.9. The molecule has 1 aromatic heterocycles. The van der Waals surface area contributed by atoms with E-state index in [4.69, 9.17) is 19.4 Å². The van der Waals surface area contributed by atoms with Gasteiger partial charge in [0.05, 0.1) is 18.7 Å². The molecule has 0 aliphatic carbocycles. The van der Waals surface area contributed by atoms with Gasteiger partial charge >= 0.3 is 5.97 Å². The Morgan fingerprint density at radius 1 is 1.19 bits per heavy atom. The fourth-order valence-electron chi connectivity index (χ4n) is 4.44. The molecule has 3 aliphatic heterocycles. The van der Waals surface area contributed by atoms with Crippen LogP contribution < -0.4 is 9.80 Å². The van der Waals surface area contributed by atoms with Crippen LogP contribution in [-0.2, 0) is 26.8 Å². The molecular weight excluding hydrogens is 412 g/mol. The van der Waals surface area contributed by atoms with Crippen LogP contribution in [-0.4, -0.2) is 73.4 Å². The number of aryl methyl sites for hydroxylation is 1. The minimum absolute atomic E-state index is 0.123. The monoisotopic (exact) mass is 441 g/mol. The van der Waals surface area contributed by atoms with Gasteiger partial charge in [-0.3, -0.25) is 0 Å². The minimum atomic E-state index is -0.268. The molecule has 0 N–H and O–H groups in total. The SMILES string of the molecule is CN(c1nc(N2CC(OC(=O)c3ccccc3)C2)nc2c1[S+](C)CC2)C1CCOCC1. The molecule has 3 aliphatic rings. The zero-order valence-electron chi connectivity index (χ0n) is 18.1. The van der Waals surface area contributed by atoms with Crippen LogP contribution in [0, 0.1) is 0 Å². The lowest BCUT2D eigenvalue weighted by atomic mass is 10.1. The number of rotatable bonds is 5. The summed E-state index contributed by atoms with van der Waals surface area (Å²) in [4.78, 5) is 28.1. The molecule has 2 saturated heterocycles. The molecule has 8 heteroatoms. The Morgan fingerprint density at radius 2 is 1.94 bits per heavy atom. The maximum Gasteiger partial charge on any atom is 0.338 e. The highest BCUT2D eigenvalue weighted by molar-refractivity contribution is 7.96. The Hall–Kier alpha value is -2.32. The van der Waals surface area contributed by atoms with Crippen molar-refractivity contribution in [3.8, 4) is 0 Å². The van der Waals surface area contributed by atoms with Gasteiger partial charge in [-0.1, -0.05) is 18.2 Å². The quantitative estimate of drug-likeness (QED) is 0.521. The van der Waals surface area contributed by atoms with Crippen LogP contribution in [0.4, 0.5) is 11.8 Å². The number of carbonyl (C=O) groups excluding carboxylic acids is 1. The predicted octanol–water partition coefficient (Wildman–Crippen LogP) is 2.30. The highest BCUT2D eigenvalue weighted by Gasteiger charge is 2.40. The van der Waals surface area contributed by atoms with E-state index in [0.717, 1.165) is 50.0 Å². The van der Waals surface area contributed by atoms with Gasteiger partial charge in [-0.15, -0.1) is 0 Å². The third-order valence-electron chi connectivity index (χ3n) is 6.39. The van der Waals surface area contributed by atoms with Crippen LogP contribution >= 0.6 is 0 Å². The fraction of sp³-hybridized carbons (Fsp3) is 0.522. The Bertz CT molecular complexity index is 945. The van der Waals surface area contributed by atoms with Crippen molar-refractivity contribution in [2.45, 2.75) is 36.3 Å². The number of carbonyl (C=O) groups is 1. The van der Waals surface area contributed by atoms with Crippen LogP contribution in [0.5, 0.6) is 0 Å². The van der Waals surface area contributed by atoms with E-state index < -0.39 is 0 Å². The van der Waals surface area contributed by atoms with Crippen molar-refractivity contribution in [2.24, 2.45) is 0 Å². The lowest BCUT2D eigenvalue weighted by Gasteiger charge is -2.39. The van der Waals surface area contributed by atoms with Gasteiger partial charge in [0.2, 0.25) is 10.8 Å². The molecule has 0 amide bonds. The fourth-order valence-corrected chi connectivity index (χ4v) is 6.20. The number of nitrogens with zero attached hydrogens (tertiary/aromatic N) is 4. The van der Waals surface area contributed by atoms with Crippen molar-refractivity contribution < 1.29 is 14.3 Å². The average molecular weight is 442 g/mol. The van der Waals surface area contributed by atoms with Gasteiger partial charge < -0.3 is 19.3 Å². The molecule has 2 fully saturated rings. The number of ether oxygens (including phenoxy) is 2. The second kappa shape index (κ2) is 8.67. The van der Waals surface area contributed by atoms with Gasteiger partial charge in [0, 0.05) is 43.6 Å². The molecule has 0 saturated carbocycles. The standard InChI is InChI=1S/C23H29N4O3S/c1-26(17-8-11-29-12-9-17)21-20-19(10-13-31(20)2)24-23(25-21)27-14-18(15-27)30-22(28)16-6-4-3-5-7-16/h3-7,17-18H,8-15H2,1-2H3/q+1. The third kappa shape index (κ3) is 4.11. The average Bonchev–Trinajstić information content (AvgIpc) is 3.16. The summed E-state index contributed by atoms with van der Waals surface area (Å²) in [6.07, 6.45) is 5.26. The third-order valence-corrected chi connectivity index (χ3v) is 8.32. The Balaban J connectivity index is 1.31. The van der Waals surface area contributed by atoms with Crippen molar-refractivity contribution in [3.05, 3.63) is 41.6 Å². The highest BCUT2D eigenvalue weighted by atomic mass is 32.2. The maximum absolute atomic E-state index is 12.3. The van der Waals surface area contributed by atoms with Crippen LogP contribution in [0.1, 0.15) is 28.9 Å². The zero-order chi connectivity index (χ0) is 21.4. The number of fused-ring (bicyclic) bond motifs is 1. The summed E-state index contributed by atoms with van der Waals surface area (Å²) in [6, 6.07) is 9.60. The number of anilines is 2. The van der Waals surface area contributed by atoms with E-state index in [0.29, 0.717) is 24.7 Å². The summed E-state index contributed by atoms with van der Waals surface area (Å²) in [5, 5.41) is 0. The first-order chi connectivity index (χ1) is 15.1. The zero-order valence-corrected chi connectivity index (χ0v) is 18.9. The lowest BCUT2D eigenvalue weighted by molar-refractivity contribution is 0.0231. The molecule has 31 heavy (non-hydrogen) atoms. The first kappa shape index (κ1) is 20.6. The summed E-state index contributed by atoms with van der Waals surface area (Å²) >= 11 is 0. The van der Waals surface area contributed by atoms with E-state index in [9.17, 15) is 4.79 Å². The molecule has 0 radical (unpaired) electrons. The van der Waals surface area contributed by atoms with Crippen LogP contribution in [0.2, 0.25) is 0 Å². The van der Waals surface area contributed by atoms with E-state index in [-0.39, 0.29) is 23.0 Å². The van der Waals surface area contributed by atoms with Gasteiger partial charge in [-0.05, 0) is 25.0 Å². The topological polar surface area (TPSA) is 67.8 Å². The lowest BCUT2D eigenvalue weighted by Crippen LogP contribution is -2.54. The second-order valence-electron chi connectivity index (χ2n) is 8.47. The summed E-state index contributed by atoms with van der Waals surface area (Å²) in [7, 11) is 2.35. The molecule has 2 aromatic rings. The Labute approximate surface area is 186 Å². The predicted molar refractivity (Wildman–Crippen MR) is 122 cm³/mol. The number of hydrogen-bond donors (Lipinski definition) is 0. The number of benzene rings is 1. The molecule has 1 aromatic carbocycles. The van der Waals surface area contributed by atoms with E-state index in [1.165, 1.54) is 10.6 Å². The van der Waals surface area contributed by atoms with Gasteiger partial charge in [0.1, 0.15) is 23.8 Å². The first-order valence-corrected chi connectivity index (χ1v) is 12.8. The molecule has 1 unspecified atom stereocenters. The summed E-state index contributed by atoms with van der Waals surface area (Å²) < 4.78 is 11.2. The molecular formula is C23H29N4O3S+. The van der Waals surface area contributed by atoms with Crippen molar-refractivity contribution in [3.63, 3.8) is 0 Å². The summed E-state index contributed by atoms with van der Waals surface area (Å²) in [5.74, 6) is 2.73. The van der Waals surface area contributed by atoms with Gasteiger partial charge in [-0.2, -0.15) is 4.98 Å². The molecule has 0 spiro atoms. The largest absolute Gasteiger partial charge is 0.455 e.